The van der Waals surface area contributed by atoms with Gasteiger partial charge in [0.15, 0.2) is 5.15 Å². The molecule has 1 aliphatic rings. The third-order valence-corrected chi connectivity index (χ3v) is 4.37. The van der Waals surface area contributed by atoms with Gasteiger partial charge in [-0.05, 0) is 33.8 Å². The lowest BCUT2D eigenvalue weighted by atomic mass is 9.83. The van der Waals surface area contributed by atoms with Crippen molar-refractivity contribution in [2.24, 2.45) is 0 Å². The smallest absolute Gasteiger partial charge is 0.398 e. The number of anilines is 1. The Bertz CT molecular complexity index is 664. The van der Waals surface area contributed by atoms with Crippen molar-refractivity contribution in [1.29, 1.82) is 0 Å². The van der Waals surface area contributed by atoms with Gasteiger partial charge in [-0.25, -0.2) is 4.98 Å². The molecule has 1 aliphatic heterocycles. The molecule has 0 aromatic carbocycles. The normalized spacial score (nSPS) is 19.5. The maximum atomic E-state index is 13.3. The van der Waals surface area contributed by atoms with E-state index in [1.807, 2.05) is 0 Å². The van der Waals surface area contributed by atoms with Crippen LogP contribution in [-0.4, -0.2) is 29.2 Å². The van der Waals surface area contributed by atoms with Crippen LogP contribution in [0.25, 0.3) is 0 Å². The molecule has 1 fully saturated rings. The molecule has 1 aromatic rings. The number of carbonyl (C=O) groups is 1. The third-order valence-electron chi connectivity index (χ3n) is 4.10. The molecule has 1 saturated heterocycles. The van der Waals surface area contributed by atoms with Gasteiger partial charge in [-0.3, -0.25) is 4.79 Å². The van der Waals surface area contributed by atoms with Crippen LogP contribution in [0.2, 0.25) is 5.15 Å². The molecule has 0 aliphatic carbocycles. The van der Waals surface area contributed by atoms with Crippen LogP contribution in [0.4, 0.5) is 18.9 Å². The molecular formula is C14H17BClF3N2O3. The van der Waals surface area contributed by atoms with Crippen molar-refractivity contribution in [1.82, 2.24) is 4.98 Å². The van der Waals surface area contributed by atoms with Gasteiger partial charge in [0.1, 0.15) is 0 Å². The van der Waals surface area contributed by atoms with Crippen molar-refractivity contribution >= 4 is 35.9 Å². The highest BCUT2D eigenvalue weighted by Crippen LogP contribution is 2.39. The van der Waals surface area contributed by atoms with E-state index in [2.05, 4.69) is 10.3 Å². The molecule has 0 radical (unpaired) electrons. The van der Waals surface area contributed by atoms with E-state index in [0.29, 0.717) is 0 Å². The highest BCUT2D eigenvalue weighted by molar-refractivity contribution is 6.61. The molecule has 0 atom stereocenters. The number of rotatable bonds is 2. The summed E-state index contributed by atoms with van der Waals surface area (Å²) in [5, 5.41) is 1.58. The van der Waals surface area contributed by atoms with E-state index in [9.17, 15) is 18.0 Å². The van der Waals surface area contributed by atoms with Crippen molar-refractivity contribution in [2.45, 2.75) is 52.0 Å². The first-order valence-corrected chi connectivity index (χ1v) is 7.53. The van der Waals surface area contributed by atoms with Crippen LogP contribution in [0.3, 0.4) is 0 Å². The van der Waals surface area contributed by atoms with E-state index in [4.69, 9.17) is 20.9 Å². The number of carbonyl (C=O) groups excluding carboxylic acids is 1. The zero-order valence-electron chi connectivity index (χ0n) is 13.8. The number of halogens is 4. The van der Waals surface area contributed by atoms with Gasteiger partial charge in [-0.15, -0.1) is 0 Å². The molecule has 2 rings (SSSR count). The first-order chi connectivity index (χ1) is 10.7. The molecule has 24 heavy (non-hydrogen) atoms. The SMILES string of the molecule is CC(=O)Nc1c(C(F)(F)F)cc(B2OC(C)(C)C(C)(C)O2)nc1Cl. The van der Waals surface area contributed by atoms with Crippen molar-refractivity contribution in [2.75, 3.05) is 5.32 Å². The summed E-state index contributed by atoms with van der Waals surface area (Å²) in [6.45, 7) is 8.16. The van der Waals surface area contributed by atoms with Gasteiger partial charge >= 0.3 is 13.3 Å². The highest BCUT2D eigenvalue weighted by atomic mass is 35.5. The largest absolute Gasteiger partial charge is 0.514 e. The summed E-state index contributed by atoms with van der Waals surface area (Å²) >= 11 is 5.87. The minimum atomic E-state index is -4.73. The van der Waals surface area contributed by atoms with Crippen molar-refractivity contribution in [3.63, 3.8) is 0 Å². The van der Waals surface area contributed by atoms with Crippen LogP contribution < -0.4 is 10.9 Å². The van der Waals surface area contributed by atoms with E-state index in [1.165, 1.54) is 0 Å². The fourth-order valence-corrected chi connectivity index (χ4v) is 2.38. The fraction of sp³-hybridized carbons (Fsp3) is 0.571. The fourth-order valence-electron chi connectivity index (χ4n) is 2.14. The second-order valence-corrected chi connectivity index (χ2v) is 6.89. The van der Waals surface area contributed by atoms with E-state index in [1.54, 1.807) is 27.7 Å². The zero-order chi connectivity index (χ0) is 18.5. The van der Waals surface area contributed by atoms with Gasteiger partial charge in [-0.1, -0.05) is 11.6 Å². The second-order valence-electron chi connectivity index (χ2n) is 6.53. The Kier molecular flexibility index (Phi) is 4.67. The van der Waals surface area contributed by atoms with Gasteiger partial charge in [0, 0.05) is 6.92 Å². The topological polar surface area (TPSA) is 60.5 Å². The van der Waals surface area contributed by atoms with Gasteiger partial charge in [0.2, 0.25) is 5.91 Å². The summed E-state index contributed by atoms with van der Waals surface area (Å²) in [6, 6.07) is 0.777. The van der Waals surface area contributed by atoms with Crippen LogP contribution in [0.5, 0.6) is 0 Å². The zero-order valence-corrected chi connectivity index (χ0v) is 14.6. The molecule has 0 bridgehead atoms. The maximum Gasteiger partial charge on any atom is 0.514 e. The molecule has 2 heterocycles. The lowest BCUT2D eigenvalue weighted by Gasteiger charge is -2.32. The Morgan fingerprint density at radius 1 is 1.25 bits per heavy atom. The quantitative estimate of drug-likeness (QED) is 0.647. The van der Waals surface area contributed by atoms with Gasteiger partial charge in [0.25, 0.3) is 0 Å². The van der Waals surface area contributed by atoms with Crippen molar-refractivity contribution in [3.05, 3.63) is 16.8 Å². The third kappa shape index (κ3) is 3.53. The molecule has 132 valence electrons. The molecule has 0 saturated carbocycles. The molecular weight excluding hydrogens is 347 g/mol. The number of amides is 1. The van der Waals surface area contributed by atoms with E-state index >= 15 is 0 Å². The van der Waals surface area contributed by atoms with Gasteiger partial charge < -0.3 is 14.6 Å². The monoisotopic (exact) mass is 364 g/mol. The molecule has 5 nitrogen and oxygen atoms in total. The Morgan fingerprint density at radius 3 is 2.17 bits per heavy atom. The number of pyridine rings is 1. The Balaban J connectivity index is 2.51. The van der Waals surface area contributed by atoms with E-state index in [-0.39, 0.29) is 5.59 Å². The van der Waals surface area contributed by atoms with Crippen LogP contribution in [0, 0.1) is 0 Å². The van der Waals surface area contributed by atoms with Crippen molar-refractivity contribution in [3.8, 4) is 0 Å². The number of alkyl halides is 3. The average molecular weight is 365 g/mol. The Labute approximate surface area is 143 Å². The summed E-state index contributed by atoms with van der Waals surface area (Å²) in [4.78, 5) is 15.1. The first-order valence-electron chi connectivity index (χ1n) is 7.15. The summed E-state index contributed by atoms with van der Waals surface area (Å²) < 4.78 is 51.4. The average Bonchev–Trinajstić information content (AvgIpc) is 2.58. The number of nitrogens with zero attached hydrogens (tertiary/aromatic N) is 1. The van der Waals surface area contributed by atoms with Gasteiger partial charge in [0.05, 0.1) is 28.0 Å². The maximum absolute atomic E-state index is 13.3. The predicted molar refractivity (Wildman–Crippen MR) is 84.3 cm³/mol. The van der Waals surface area contributed by atoms with Crippen LogP contribution in [-0.2, 0) is 20.3 Å². The van der Waals surface area contributed by atoms with Crippen LogP contribution >= 0.6 is 11.6 Å². The molecule has 1 amide bonds. The minimum absolute atomic E-state index is 0.111. The molecule has 10 heteroatoms. The predicted octanol–water partition coefficient (Wildman–Crippen LogP) is 3.01. The Morgan fingerprint density at radius 2 is 1.75 bits per heavy atom. The van der Waals surface area contributed by atoms with Gasteiger partial charge in [-0.2, -0.15) is 13.2 Å². The standard InChI is InChI=1S/C14H17BClF3N2O3/c1-7(22)20-10-8(14(17,18)19)6-9(21-11(10)16)15-23-12(2,3)13(4,5)24-15/h6H,1-5H3,(H,20,22). The number of hydrogen-bond donors (Lipinski definition) is 1. The number of aromatic nitrogens is 1. The minimum Gasteiger partial charge on any atom is -0.398 e. The number of hydrogen-bond acceptors (Lipinski definition) is 4. The lowest BCUT2D eigenvalue weighted by molar-refractivity contribution is -0.136. The second kappa shape index (κ2) is 5.89. The van der Waals surface area contributed by atoms with E-state index in [0.717, 1.165) is 13.0 Å². The summed E-state index contributed by atoms with van der Waals surface area (Å²) in [5.41, 5.74) is -3.28. The summed E-state index contributed by atoms with van der Waals surface area (Å²) in [6.07, 6.45) is -4.73. The van der Waals surface area contributed by atoms with E-state index < -0.39 is 46.8 Å². The highest BCUT2D eigenvalue weighted by Gasteiger charge is 2.53. The molecule has 0 spiro atoms. The summed E-state index contributed by atoms with van der Waals surface area (Å²) in [7, 11) is -1.10. The van der Waals surface area contributed by atoms with Crippen molar-refractivity contribution < 1.29 is 27.3 Å². The lowest BCUT2D eigenvalue weighted by Crippen LogP contribution is -2.41. The van der Waals surface area contributed by atoms with Crippen LogP contribution in [0.1, 0.15) is 40.2 Å². The molecule has 1 aromatic heterocycles. The summed E-state index contributed by atoms with van der Waals surface area (Å²) in [5.74, 6) is -0.687. The first kappa shape index (κ1) is 19.0. The van der Waals surface area contributed by atoms with Crippen LogP contribution in [0.15, 0.2) is 6.07 Å². The molecule has 0 unspecified atom stereocenters. The molecule has 1 N–H and O–H groups in total. The Hall–Kier alpha value is -1.32. The number of nitrogens with one attached hydrogen (secondary N) is 1.